The molecule has 10 N–H and O–H groups in total. The second-order valence-electron chi connectivity index (χ2n) is 20.0. The molecule has 0 aromatic carbocycles. The van der Waals surface area contributed by atoms with Crippen LogP contribution in [-0.2, 0) is 38.0 Å². The minimum atomic E-state index is -1.97. The lowest BCUT2D eigenvalue weighted by atomic mass is 9.47. The van der Waals surface area contributed by atoms with Crippen LogP contribution in [0.15, 0.2) is 11.6 Å². The van der Waals surface area contributed by atoms with E-state index in [9.17, 15) is 60.7 Å². The third-order valence-corrected chi connectivity index (χ3v) is 16.2. The van der Waals surface area contributed by atoms with Gasteiger partial charge in [-0.05, 0) is 86.4 Å². The lowest BCUT2D eigenvalue weighted by Crippen LogP contribution is -2.66. The Balaban J connectivity index is 1.08. The molecule has 0 aromatic rings. The van der Waals surface area contributed by atoms with Gasteiger partial charge in [-0.3, -0.25) is 9.59 Å². The lowest BCUT2D eigenvalue weighted by Gasteiger charge is -2.58. The van der Waals surface area contributed by atoms with Crippen LogP contribution in [0, 0.1) is 46.3 Å². The van der Waals surface area contributed by atoms with Crippen molar-refractivity contribution in [1.29, 1.82) is 0 Å². The number of hydrogen-bond acceptors (Lipinski definition) is 18. The molecule has 0 spiro atoms. The molecule has 0 radical (unpaired) electrons. The maximum atomic E-state index is 13.8. The van der Waals surface area contributed by atoms with Gasteiger partial charge in [0.05, 0.1) is 18.8 Å². The molecule has 3 saturated heterocycles. The highest BCUT2D eigenvalue weighted by Crippen LogP contribution is 2.66. The number of aliphatic hydroxyl groups is 10. The topological polar surface area (TPSA) is 292 Å². The van der Waals surface area contributed by atoms with E-state index in [1.54, 1.807) is 0 Å². The van der Waals surface area contributed by atoms with Gasteiger partial charge in [0.25, 0.3) is 0 Å². The van der Waals surface area contributed by atoms with Gasteiger partial charge in [0.15, 0.2) is 25.2 Å². The van der Waals surface area contributed by atoms with Crippen LogP contribution in [0.1, 0.15) is 92.4 Å². The average molecular weight is 887 g/mol. The zero-order chi connectivity index (χ0) is 45.2. The zero-order valence-electron chi connectivity index (χ0n) is 36.3. The Morgan fingerprint density at radius 3 is 2.11 bits per heavy atom. The van der Waals surface area contributed by atoms with Crippen molar-refractivity contribution in [2.75, 3.05) is 13.2 Å². The van der Waals surface area contributed by atoms with Gasteiger partial charge < -0.3 is 79.5 Å². The second-order valence-corrected chi connectivity index (χ2v) is 20.0. The molecule has 18 heteroatoms. The maximum Gasteiger partial charge on any atom is 0.189 e. The second kappa shape index (κ2) is 19.0. The molecular weight excluding hydrogens is 816 g/mol. The molecule has 0 amide bonds. The summed E-state index contributed by atoms with van der Waals surface area (Å²) < 4.78 is 35.5. The molecule has 6 fully saturated rings. The summed E-state index contributed by atoms with van der Waals surface area (Å²) >= 11 is 0. The summed E-state index contributed by atoms with van der Waals surface area (Å²) in [4.78, 5) is 27.2. The van der Waals surface area contributed by atoms with Crippen LogP contribution in [0.2, 0.25) is 0 Å². The number of carbonyl (C=O) groups is 2. The van der Waals surface area contributed by atoms with Crippen molar-refractivity contribution in [3.63, 3.8) is 0 Å². The predicted octanol–water partition coefficient (Wildman–Crippen LogP) is -0.823. The molecule has 4 aliphatic carbocycles. The fourth-order valence-corrected chi connectivity index (χ4v) is 12.3. The van der Waals surface area contributed by atoms with E-state index < -0.39 is 105 Å². The Morgan fingerprint density at radius 2 is 1.44 bits per heavy atom. The Bertz CT molecular complexity index is 1610. The molecule has 7 aliphatic rings. The maximum absolute atomic E-state index is 13.8. The molecule has 7 unspecified atom stereocenters. The number of carbonyl (C=O) groups excluding carboxylic acids is 2. The number of ketones is 2. The summed E-state index contributed by atoms with van der Waals surface area (Å²) in [6.45, 7) is 9.05. The van der Waals surface area contributed by atoms with E-state index in [-0.39, 0.29) is 58.6 Å². The molecule has 3 aliphatic heterocycles. The first-order chi connectivity index (χ1) is 29.2. The molecule has 3 heterocycles. The van der Waals surface area contributed by atoms with Crippen molar-refractivity contribution in [2.24, 2.45) is 46.3 Å². The van der Waals surface area contributed by atoms with Crippen LogP contribution < -0.4 is 0 Å². The van der Waals surface area contributed by atoms with Gasteiger partial charge in [0.1, 0.15) is 72.6 Å². The van der Waals surface area contributed by atoms with Gasteiger partial charge in [-0.1, -0.05) is 39.3 Å². The third kappa shape index (κ3) is 8.75. The van der Waals surface area contributed by atoms with E-state index in [0.717, 1.165) is 25.7 Å². The average Bonchev–Trinajstić information content (AvgIpc) is 3.52. The minimum absolute atomic E-state index is 0.0222. The van der Waals surface area contributed by atoms with Gasteiger partial charge in [-0.2, -0.15) is 0 Å². The van der Waals surface area contributed by atoms with E-state index in [4.69, 9.17) is 28.4 Å². The van der Waals surface area contributed by atoms with E-state index in [1.807, 2.05) is 13.8 Å². The monoisotopic (exact) mass is 886 g/mol. The largest absolute Gasteiger partial charge is 0.396 e. The first kappa shape index (κ1) is 48.4. The van der Waals surface area contributed by atoms with Crippen LogP contribution in [0.25, 0.3) is 0 Å². The van der Waals surface area contributed by atoms with Gasteiger partial charge in [0.2, 0.25) is 0 Å². The molecular formula is C44H70O18. The Hall–Kier alpha value is -1.56. The molecule has 0 bridgehead atoms. The molecule has 3 saturated carbocycles. The molecule has 18 nitrogen and oxygen atoms in total. The fourth-order valence-electron chi connectivity index (χ4n) is 12.3. The summed E-state index contributed by atoms with van der Waals surface area (Å²) in [5.74, 6) is 0.259. The Morgan fingerprint density at radius 1 is 0.774 bits per heavy atom. The van der Waals surface area contributed by atoms with E-state index in [2.05, 4.69) is 19.9 Å². The highest BCUT2D eigenvalue weighted by atomic mass is 16.8. The van der Waals surface area contributed by atoms with E-state index in [1.165, 1.54) is 12.5 Å². The van der Waals surface area contributed by atoms with Crippen LogP contribution in [0.3, 0.4) is 0 Å². The number of allylic oxidation sites excluding steroid dienone is 1. The molecule has 354 valence electrons. The molecule has 24 atom stereocenters. The van der Waals surface area contributed by atoms with Crippen LogP contribution in [0.4, 0.5) is 0 Å². The third-order valence-electron chi connectivity index (χ3n) is 16.2. The fraction of sp³-hybridized carbons (Fsp3) is 0.909. The quantitative estimate of drug-likeness (QED) is 0.101. The summed E-state index contributed by atoms with van der Waals surface area (Å²) in [5, 5.41) is 105. The van der Waals surface area contributed by atoms with Crippen molar-refractivity contribution in [2.45, 2.75) is 191 Å². The van der Waals surface area contributed by atoms with Gasteiger partial charge in [-0.15, -0.1) is 0 Å². The first-order valence-electron chi connectivity index (χ1n) is 22.6. The number of Topliss-reactive ketones (excluding diaryl/α,β-unsaturated/α-hetero) is 2. The van der Waals surface area contributed by atoms with Crippen LogP contribution >= 0.6 is 0 Å². The zero-order valence-corrected chi connectivity index (χ0v) is 36.3. The first-order valence-corrected chi connectivity index (χ1v) is 22.6. The van der Waals surface area contributed by atoms with Crippen LogP contribution in [0.5, 0.6) is 0 Å². The van der Waals surface area contributed by atoms with Crippen molar-refractivity contribution >= 4 is 11.6 Å². The van der Waals surface area contributed by atoms with E-state index in [0.29, 0.717) is 38.0 Å². The SMILES string of the molecule is CC1O[C@@H](O[C@@H]2C(CO)O[C@@H](OC3CC[C@@]4(C)C(=CC[C@H]5[C@@H]6CC(=O)[C@H]([C@H](C)C(=O)CC[C@@H](C)CO)[C@@]6(C)CC[C@@H]54)C3)[C@@H](O[C@@H]3OC(O)[C@H](O)C(O)[C@@H]3O)C2O)[C@@H](O)C(O)[C@H]1O. The van der Waals surface area contributed by atoms with Gasteiger partial charge >= 0.3 is 0 Å². The molecule has 0 aromatic heterocycles. The summed E-state index contributed by atoms with van der Waals surface area (Å²) in [7, 11) is 0. The van der Waals surface area contributed by atoms with E-state index >= 15 is 0 Å². The normalized spacial score (nSPS) is 50.5. The summed E-state index contributed by atoms with van der Waals surface area (Å²) in [6, 6.07) is 0. The highest BCUT2D eigenvalue weighted by molar-refractivity contribution is 5.92. The molecule has 7 rings (SSSR count). The van der Waals surface area contributed by atoms with Crippen LogP contribution in [-0.4, -0.2) is 174 Å². The number of hydrogen-bond donors (Lipinski definition) is 10. The smallest absolute Gasteiger partial charge is 0.189 e. The number of ether oxygens (including phenoxy) is 6. The van der Waals surface area contributed by atoms with Crippen molar-refractivity contribution in [1.82, 2.24) is 0 Å². The lowest BCUT2D eigenvalue weighted by molar-refractivity contribution is -0.400. The van der Waals surface area contributed by atoms with Gasteiger partial charge in [-0.25, -0.2) is 0 Å². The summed E-state index contributed by atoms with van der Waals surface area (Å²) in [6.07, 6.45) is -17.2. The van der Waals surface area contributed by atoms with Crippen molar-refractivity contribution in [3.05, 3.63) is 11.6 Å². The number of aliphatic hydroxyl groups excluding tert-OH is 10. The number of rotatable bonds is 13. The van der Waals surface area contributed by atoms with Crippen molar-refractivity contribution < 1.29 is 89.1 Å². The Kier molecular flexibility index (Phi) is 14.8. The number of fused-ring (bicyclic) bond motifs is 5. The van der Waals surface area contributed by atoms with Crippen molar-refractivity contribution in [3.8, 4) is 0 Å². The predicted molar refractivity (Wildman–Crippen MR) is 213 cm³/mol. The Labute approximate surface area is 362 Å². The molecule has 62 heavy (non-hydrogen) atoms. The summed E-state index contributed by atoms with van der Waals surface area (Å²) in [5.41, 5.74) is 0.697. The highest BCUT2D eigenvalue weighted by Gasteiger charge is 2.63. The van der Waals surface area contributed by atoms with Gasteiger partial charge in [0, 0.05) is 31.3 Å². The minimum Gasteiger partial charge on any atom is -0.396 e. The standard InChI is InChI=1S/C44H70O18/c1-18(16-45)6-9-26(47)19(2)29-27(48)15-25-23-8-7-21-14-22(10-12-43(21,4)24(23)11-13-44(25,29)5)58-42-38(61-41-35(54)32(51)33(52)39(56)62-41)36(55)37(28(17-46)59-42)60-40-34(53)31(50)30(49)20(3)57-40/h7,18-20,22-25,28-42,45-46,49-56H,6,8-17H2,1-5H3/t18-,19-,20?,22?,23-,24+,25+,28?,29+,30+,31?,32?,33-,34+,35+,36?,37-,38+,39?,40+,41-,42-,43+,44+/m1/s1.